The molecule has 0 aliphatic carbocycles. The third-order valence-electron chi connectivity index (χ3n) is 6.23. The highest BCUT2D eigenvalue weighted by Gasteiger charge is 2.48. The molecule has 4 rings (SSSR count). The number of methoxy groups -OCH3 is 1. The van der Waals surface area contributed by atoms with E-state index in [4.69, 9.17) is 23.7 Å². The number of hydrogen-bond donors (Lipinski definition) is 1. The van der Waals surface area contributed by atoms with Gasteiger partial charge >= 0.3 is 0 Å². The number of ether oxygens (including phenoxy) is 5. The third kappa shape index (κ3) is 8.44. The van der Waals surface area contributed by atoms with E-state index in [2.05, 4.69) is 4.72 Å². The molecule has 0 spiro atoms. The van der Waals surface area contributed by atoms with Crippen LogP contribution in [0.15, 0.2) is 91.0 Å². The summed E-state index contributed by atoms with van der Waals surface area (Å²) in [6.45, 7) is 0.912. The van der Waals surface area contributed by atoms with Crippen LogP contribution in [0.5, 0.6) is 0 Å². The van der Waals surface area contributed by atoms with E-state index in [9.17, 15) is 8.42 Å². The molecule has 1 aliphatic heterocycles. The van der Waals surface area contributed by atoms with Crippen molar-refractivity contribution in [1.82, 2.24) is 4.72 Å². The molecule has 0 amide bonds. The van der Waals surface area contributed by atoms with Gasteiger partial charge in [-0.3, -0.25) is 0 Å². The zero-order valence-electron chi connectivity index (χ0n) is 21.6. The van der Waals surface area contributed by atoms with Crippen molar-refractivity contribution in [1.29, 1.82) is 0 Å². The molecule has 0 unspecified atom stereocenters. The van der Waals surface area contributed by atoms with Gasteiger partial charge < -0.3 is 23.7 Å². The summed E-state index contributed by atoms with van der Waals surface area (Å²) in [7, 11) is -1.94. The molecule has 3 aromatic carbocycles. The van der Waals surface area contributed by atoms with Gasteiger partial charge in [0.15, 0.2) is 6.29 Å². The minimum atomic E-state index is -3.47. The first-order valence-electron chi connectivity index (χ1n) is 12.5. The predicted molar refractivity (Wildman–Crippen MR) is 144 cm³/mol. The van der Waals surface area contributed by atoms with Gasteiger partial charge in [0.05, 0.1) is 26.1 Å². The summed E-state index contributed by atoms with van der Waals surface area (Å²) in [5.41, 5.74) is 2.95. The zero-order chi connectivity index (χ0) is 26.8. The molecule has 38 heavy (non-hydrogen) atoms. The van der Waals surface area contributed by atoms with Crippen LogP contribution in [0.1, 0.15) is 16.7 Å². The second kappa shape index (κ2) is 14.0. The first-order valence-corrected chi connectivity index (χ1v) is 14.4. The van der Waals surface area contributed by atoms with Gasteiger partial charge in [-0.25, -0.2) is 13.1 Å². The Labute approximate surface area is 224 Å². The van der Waals surface area contributed by atoms with E-state index in [1.807, 2.05) is 91.0 Å². The van der Waals surface area contributed by atoms with E-state index in [0.29, 0.717) is 19.8 Å². The molecule has 204 valence electrons. The molecule has 1 fully saturated rings. The van der Waals surface area contributed by atoms with Gasteiger partial charge in [-0.15, -0.1) is 0 Å². The summed E-state index contributed by atoms with van der Waals surface area (Å²) < 4.78 is 57.6. The summed E-state index contributed by atoms with van der Waals surface area (Å²) >= 11 is 0. The molecule has 1 heterocycles. The Balaban J connectivity index is 1.62. The number of benzene rings is 3. The zero-order valence-corrected chi connectivity index (χ0v) is 22.5. The lowest BCUT2D eigenvalue weighted by Crippen LogP contribution is -2.62. The number of sulfonamides is 1. The largest absolute Gasteiger partial charge is 0.368 e. The highest BCUT2D eigenvalue weighted by molar-refractivity contribution is 7.88. The van der Waals surface area contributed by atoms with Crippen LogP contribution >= 0.6 is 0 Å². The minimum Gasteiger partial charge on any atom is -0.368 e. The van der Waals surface area contributed by atoms with Crippen molar-refractivity contribution in [3.63, 3.8) is 0 Å². The molecular formula is C29H35NO7S. The molecular weight excluding hydrogens is 506 g/mol. The molecule has 0 aromatic heterocycles. The third-order valence-corrected chi connectivity index (χ3v) is 6.92. The molecule has 5 atom stereocenters. The standard InChI is InChI=1S/C29H35NO7S/c1-33-29-28(36-21-24-16-10-5-11-17-24)27(35-20-23-14-8-4-9-15-23)26(25(37-29)18-30-38(2,31)32)34-19-22-12-6-3-7-13-22/h3-17,25-30H,18-21H2,1-2H3/t25-,26-,27+,28-,29+/m1/s1. The summed E-state index contributed by atoms with van der Waals surface area (Å²) in [5.74, 6) is 0. The van der Waals surface area contributed by atoms with Crippen LogP contribution < -0.4 is 4.72 Å². The van der Waals surface area contributed by atoms with Crippen LogP contribution in [-0.2, 0) is 53.5 Å². The maximum absolute atomic E-state index is 11.9. The van der Waals surface area contributed by atoms with Crippen LogP contribution in [0.2, 0.25) is 0 Å². The normalized spacial score (nSPS) is 23.8. The first-order chi connectivity index (χ1) is 18.4. The molecule has 9 heteroatoms. The molecule has 1 saturated heterocycles. The topological polar surface area (TPSA) is 92.3 Å². The molecule has 0 saturated carbocycles. The Morgan fingerprint density at radius 2 is 1.11 bits per heavy atom. The van der Waals surface area contributed by atoms with E-state index in [1.54, 1.807) is 0 Å². The predicted octanol–water partition coefficient (Wildman–Crippen LogP) is 3.66. The van der Waals surface area contributed by atoms with Crippen molar-refractivity contribution < 1.29 is 32.1 Å². The fourth-order valence-electron chi connectivity index (χ4n) is 4.33. The monoisotopic (exact) mass is 541 g/mol. The van der Waals surface area contributed by atoms with E-state index < -0.39 is 40.7 Å². The maximum atomic E-state index is 11.9. The van der Waals surface area contributed by atoms with Crippen molar-refractivity contribution in [2.75, 3.05) is 19.9 Å². The summed E-state index contributed by atoms with van der Waals surface area (Å²) in [5, 5.41) is 0. The quantitative estimate of drug-likeness (QED) is 0.353. The van der Waals surface area contributed by atoms with Crippen LogP contribution in [0, 0.1) is 0 Å². The molecule has 1 aliphatic rings. The summed E-state index contributed by atoms with van der Waals surface area (Å²) in [4.78, 5) is 0. The maximum Gasteiger partial charge on any atom is 0.208 e. The van der Waals surface area contributed by atoms with Crippen LogP contribution in [-0.4, -0.2) is 59.0 Å². The van der Waals surface area contributed by atoms with Crippen LogP contribution in [0.3, 0.4) is 0 Å². The molecule has 3 aromatic rings. The van der Waals surface area contributed by atoms with E-state index in [1.165, 1.54) is 7.11 Å². The SMILES string of the molecule is CO[C@H]1O[C@H](CNS(C)(=O)=O)[C@@H](OCc2ccccc2)[C@H](OCc2ccccc2)[C@H]1OCc1ccccc1. The van der Waals surface area contributed by atoms with Gasteiger partial charge in [-0.1, -0.05) is 91.0 Å². The molecule has 0 radical (unpaired) electrons. The van der Waals surface area contributed by atoms with E-state index in [0.717, 1.165) is 22.9 Å². The van der Waals surface area contributed by atoms with Gasteiger partial charge in [0, 0.05) is 13.7 Å². The fraction of sp³-hybridized carbons (Fsp3) is 0.379. The van der Waals surface area contributed by atoms with Crippen LogP contribution in [0.4, 0.5) is 0 Å². The van der Waals surface area contributed by atoms with Crippen molar-refractivity contribution in [2.24, 2.45) is 0 Å². The number of nitrogens with one attached hydrogen (secondary N) is 1. The van der Waals surface area contributed by atoms with Gasteiger partial charge in [0.1, 0.15) is 24.4 Å². The fourth-order valence-corrected chi connectivity index (χ4v) is 4.80. The van der Waals surface area contributed by atoms with E-state index >= 15 is 0 Å². The Morgan fingerprint density at radius 3 is 1.53 bits per heavy atom. The average Bonchev–Trinajstić information content (AvgIpc) is 2.94. The van der Waals surface area contributed by atoms with Crippen molar-refractivity contribution in [2.45, 2.75) is 50.5 Å². The summed E-state index contributed by atoms with van der Waals surface area (Å²) in [6, 6.07) is 29.4. The van der Waals surface area contributed by atoms with Crippen LogP contribution in [0.25, 0.3) is 0 Å². The number of rotatable bonds is 13. The molecule has 0 bridgehead atoms. The van der Waals surface area contributed by atoms with Gasteiger partial charge in [-0.2, -0.15) is 0 Å². The Hall–Kier alpha value is -2.63. The van der Waals surface area contributed by atoms with Gasteiger partial charge in [0.25, 0.3) is 0 Å². The summed E-state index contributed by atoms with van der Waals surface area (Å²) in [6.07, 6.45) is -2.29. The smallest absolute Gasteiger partial charge is 0.208 e. The lowest BCUT2D eigenvalue weighted by atomic mass is 9.97. The Kier molecular flexibility index (Phi) is 10.4. The second-order valence-electron chi connectivity index (χ2n) is 9.18. The first kappa shape index (κ1) is 28.4. The highest BCUT2D eigenvalue weighted by Crippen LogP contribution is 2.30. The average molecular weight is 542 g/mol. The van der Waals surface area contributed by atoms with Crippen molar-refractivity contribution >= 4 is 10.0 Å². The van der Waals surface area contributed by atoms with Crippen molar-refractivity contribution in [3.8, 4) is 0 Å². The molecule has 1 N–H and O–H groups in total. The van der Waals surface area contributed by atoms with Crippen molar-refractivity contribution in [3.05, 3.63) is 108 Å². The Morgan fingerprint density at radius 1 is 0.684 bits per heavy atom. The van der Waals surface area contributed by atoms with Gasteiger partial charge in [-0.05, 0) is 16.7 Å². The Bertz CT molecular complexity index is 1200. The number of hydrogen-bond acceptors (Lipinski definition) is 7. The van der Waals surface area contributed by atoms with Gasteiger partial charge in [0.2, 0.25) is 10.0 Å². The van der Waals surface area contributed by atoms with E-state index in [-0.39, 0.29) is 6.54 Å². The highest BCUT2D eigenvalue weighted by atomic mass is 32.2. The lowest BCUT2D eigenvalue weighted by molar-refractivity contribution is -0.316. The second-order valence-corrected chi connectivity index (χ2v) is 11.0. The minimum absolute atomic E-state index is 0.00521. The lowest BCUT2D eigenvalue weighted by Gasteiger charge is -2.45. The molecule has 8 nitrogen and oxygen atoms in total.